The van der Waals surface area contributed by atoms with E-state index in [0.717, 1.165) is 5.69 Å². The number of hydrogen-bond donors (Lipinski definition) is 1. The van der Waals surface area contributed by atoms with Gasteiger partial charge in [-0.1, -0.05) is 0 Å². The quantitative estimate of drug-likeness (QED) is 0.733. The Labute approximate surface area is 75.5 Å². The summed E-state index contributed by atoms with van der Waals surface area (Å²) in [5.41, 5.74) is 1.60. The third-order valence-corrected chi connectivity index (χ3v) is 1.73. The molecule has 2 rings (SSSR count). The summed E-state index contributed by atoms with van der Waals surface area (Å²) < 4.78 is 1.70. The van der Waals surface area contributed by atoms with Crippen LogP contribution in [0.25, 0.3) is 5.69 Å². The number of rotatable bonds is 2. The molecule has 0 radical (unpaired) electrons. The van der Waals surface area contributed by atoms with E-state index in [9.17, 15) is 0 Å². The number of nitrogens with zero attached hydrogens (tertiary/aromatic N) is 3. The minimum absolute atomic E-state index is 0.0297. The van der Waals surface area contributed by atoms with Gasteiger partial charge in [-0.3, -0.25) is 4.98 Å². The molecule has 2 heterocycles. The van der Waals surface area contributed by atoms with E-state index in [-0.39, 0.29) is 6.61 Å². The van der Waals surface area contributed by atoms with Crippen LogP contribution in [0.4, 0.5) is 0 Å². The van der Waals surface area contributed by atoms with Gasteiger partial charge in [0.2, 0.25) is 0 Å². The van der Waals surface area contributed by atoms with Gasteiger partial charge in [-0.15, -0.1) is 0 Å². The molecule has 1 N–H and O–H groups in total. The molecule has 2 aromatic rings. The Morgan fingerprint density at radius 1 is 1.23 bits per heavy atom. The predicted molar refractivity (Wildman–Crippen MR) is 47.3 cm³/mol. The summed E-state index contributed by atoms with van der Waals surface area (Å²) in [7, 11) is 0. The molecule has 2 aromatic heterocycles. The molecule has 0 aliphatic heterocycles. The van der Waals surface area contributed by atoms with Crippen molar-refractivity contribution in [3.8, 4) is 5.69 Å². The van der Waals surface area contributed by atoms with Gasteiger partial charge in [0.1, 0.15) is 0 Å². The maximum atomic E-state index is 8.81. The van der Waals surface area contributed by atoms with Crippen LogP contribution in [0.5, 0.6) is 0 Å². The van der Waals surface area contributed by atoms with E-state index in [1.807, 2.05) is 12.1 Å². The SMILES string of the molecule is OCc1ccn(-c2ccncc2)n1. The topological polar surface area (TPSA) is 50.9 Å². The van der Waals surface area contributed by atoms with Crippen LogP contribution in [0.15, 0.2) is 36.8 Å². The zero-order valence-electron chi connectivity index (χ0n) is 6.96. The lowest BCUT2D eigenvalue weighted by Crippen LogP contribution is -1.95. The maximum absolute atomic E-state index is 8.81. The number of aliphatic hydroxyl groups is 1. The Hall–Kier alpha value is -1.68. The Morgan fingerprint density at radius 3 is 2.62 bits per heavy atom. The van der Waals surface area contributed by atoms with Gasteiger partial charge >= 0.3 is 0 Å². The molecule has 0 amide bonds. The van der Waals surface area contributed by atoms with E-state index >= 15 is 0 Å². The normalized spacial score (nSPS) is 10.2. The lowest BCUT2D eigenvalue weighted by molar-refractivity contribution is 0.276. The second-order valence-electron chi connectivity index (χ2n) is 2.62. The van der Waals surface area contributed by atoms with Crippen molar-refractivity contribution in [3.05, 3.63) is 42.5 Å². The van der Waals surface area contributed by atoms with Gasteiger partial charge in [0.15, 0.2) is 0 Å². The standard InChI is InChI=1S/C9H9N3O/c13-7-8-3-6-12(11-8)9-1-4-10-5-2-9/h1-6,13H,7H2. The molecular weight excluding hydrogens is 166 g/mol. The van der Waals surface area contributed by atoms with Crippen LogP contribution in [-0.4, -0.2) is 19.9 Å². The monoisotopic (exact) mass is 175 g/mol. The van der Waals surface area contributed by atoms with Gasteiger partial charge in [0.05, 0.1) is 18.0 Å². The minimum atomic E-state index is -0.0297. The molecule has 66 valence electrons. The maximum Gasteiger partial charge on any atom is 0.0883 e. The van der Waals surface area contributed by atoms with Gasteiger partial charge in [-0.05, 0) is 18.2 Å². The molecule has 13 heavy (non-hydrogen) atoms. The van der Waals surface area contributed by atoms with Crippen molar-refractivity contribution >= 4 is 0 Å². The first kappa shape index (κ1) is 7.94. The minimum Gasteiger partial charge on any atom is -0.390 e. The smallest absolute Gasteiger partial charge is 0.0883 e. The molecule has 0 saturated heterocycles. The molecule has 0 unspecified atom stereocenters. The summed E-state index contributed by atoms with van der Waals surface area (Å²) in [5, 5.41) is 12.9. The number of hydrogen-bond acceptors (Lipinski definition) is 3. The van der Waals surface area contributed by atoms with Crippen molar-refractivity contribution in [1.29, 1.82) is 0 Å². The molecule has 0 saturated carbocycles. The summed E-state index contributed by atoms with van der Waals surface area (Å²) >= 11 is 0. The molecule has 0 aliphatic carbocycles. The molecule has 4 nitrogen and oxygen atoms in total. The molecule has 0 aromatic carbocycles. The van der Waals surface area contributed by atoms with Crippen molar-refractivity contribution in [1.82, 2.24) is 14.8 Å². The Kier molecular flexibility index (Phi) is 2.06. The highest BCUT2D eigenvalue weighted by Gasteiger charge is 1.98. The molecule has 0 spiro atoms. The van der Waals surface area contributed by atoms with E-state index in [4.69, 9.17) is 5.11 Å². The molecule has 4 heteroatoms. The third-order valence-electron chi connectivity index (χ3n) is 1.73. The van der Waals surface area contributed by atoms with Gasteiger partial charge in [0, 0.05) is 18.6 Å². The summed E-state index contributed by atoms with van der Waals surface area (Å²) in [6.45, 7) is -0.0297. The summed E-state index contributed by atoms with van der Waals surface area (Å²) in [5.74, 6) is 0. The summed E-state index contributed by atoms with van der Waals surface area (Å²) in [6.07, 6.45) is 5.21. The second kappa shape index (κ2) is 3.37. The zero-order chi connectivity index (χ0) is 9.10. The lowest BCUT2D eigenvalue weighted by atomic mass is 10.4. The number of pyridine rings is 1. The van der Waals surface area contributed by atoms with Crippen LogP contribution in [0.2, 0.25) is 0 Å². The van der Waals surface area contributed by atoms with Gasteiger partial charge in [-0.25, -0.2) is 4.68 Å². The highest BCUT2D eigenvalue weighted by Crippen LogP contribution is 2.05. The lowest BCUT2D eigenvalue weighted by Gasteiger charge is -1.98. The third kappa shape index (κ3) is 1.57. The van der Waals surface area contributed by atoms with Crippen LogP contribution < -0.4 is 0 Å². The van der Waals surface area contributed by atoms with Crippen LogP contribution in [-0.2, 0) is 6.61 Å². The number of aliphatic hydroxyl groups excluding tert-OH is 1. The summed E-state index contributed by atoms with van der Waals surface area (Å²) in [4.78, 5) is 3.91. The van der Waals surface area contributed by atoms with Crippen molar-refractivity contribution in [2.24, 2.45) is 0 Å². The fraction of sp³-hybridized carbons (Fsp3) is 0.111. The highest BCUT2D eigenvalue weighted by molar-refractivity contribution is 5.27. The van der Waals surface area contributed by atoms with Crippen LogP contribution in [0.3, 0.4) is 0 Å². The fourth-order valence-corrected chi connectivity index (χ4v) is 1.09. The van der Waals surface area contributed by atoms with Crippen molar-refractivity contribution < 1.29 is 5.11 Å². The van der Waals surface area contributed by atoms with Crippen LogP contribution >= 0.6 is 0 Å². The number of aromatic nitrogens is 3. The van der Waals surface area contributed by atoms with E-state index in [0.29, 0.717) is 5.69 Å². The Morgan fingerprint density at radius 2 is 2.00 bits per heavy atom. The van der Waals surface area contributed by atoms with Crippen LogP contribution in [0.1, 0.15) is 5.69 Å². The van der Waals surface area contributed by atoms with E-state index in [1.54, 1.807) is 29.3 Å². The molecule has 0 atom stereocenters. The van der Waals surface area contributed by atoms with Crippen molar-refractivity contribution in [2.75, 3.05) is 0 Å². The van der Waals surface area contributed by atoms with Gasteiger partial charge < -0.3 is 5.11 Å². The molecule has 0 bridgehead atoms. The van der Waals surface area contributed by atoms with E-state index in [2.05, 4.69) is 10.1 Å². The first-order chi connectivity index (χ1) is 6.40. The highest BCUT2D eigenvalue weighted by atomic mass is 16.3. The van der Waals surface area contributed by atoms with Crippen molar-refractivity contribution in [3.63, 3.8) is 0 Å². The van der Waals surface area contributed by atoms with Gasteiger partial charge in [-0.2, -0.15) is 5.10 Å². The largest absolute Gasteiger partial charge is 0.390 e. The fourth-order valence-electron chi connectivity index (χ4n) is 1.09. The molecule has 0 fully saturated rings. The first-order valence-electron chi connectivity index (χ1n) is 3.96. The summed E-state index contributed by atoms with van der Waals surface area (Å²) in [6, 6.07) is 5.49. The predicted octanol–water partition coefficient (Wildman–Crippen LogP) is 0.760. The zero-order valence-corrected chi connectivity index (χ0v) is 6.96. The first-order valence-corrected chi connectivity index (χ1v) is 3.96. The van der Waals surface area contributed by atoms with Crippen LogP contribution in [0, 0.1) is 0 Å². The van der Waals surface area contributed by atoms with E-state index in [1.165, 1.54) is 0 Å². The molecular formula is C9H9N3O. The Bertz CT molecular complexity index is 383. The van der Waals surface area contributed by atoms with Crippen molar-refractivity contribution in [2.45, 2.75) is 6.61 Å². The molecule has 0 aliphatic rings. The average molecular weight is 175 g/mol. The van der Waals surface area contributed by atoms with Gasteiger partial charge in [0.25, 0.3) is 0 Å². The van der Waals surface area contributed by atoms with E-state index < -0.39 is 0 Å². The Balaban J connectivity index is 2.36. The average Bonchev–Trinajstić information content (AvgIpc) is 2.67. The second-order valence-corrected chi connectivity index (χ2v) is 2.62.